The lowest BCUT2D eigenvalue weighted by atomic mass is 10.0. The smallest absolute Gasteiger partial charge is 0.335 e. The van der Waals surface area contributed by atoms with Gasteiger partial charge in [0.1, 0.15) is 5.82 Å². The van der Waals surface area contributed by atoms with Crippen LogP contribution < -0.4 is 5.32 Å². The van der Waals surface area contributed by atoms with Crippen molar-refractivity contribution in [2.24, 2.45) is 0 Å². The number of nitrogens with one attached hydrogen (secondary N) is 1. The van der Waals surface area contributed by atoms with Crippen molar-refractivity contribution in [2.45, 2.75) is 18.9 Å². The van der Waals surface area contributed by atoms with E-state index in [2.05, 4.69) is 5.32 Å². The van der Waals surface area contributed by atoms with E-state index in [1.165, 1.54) is 12.1 Å². The third-order valence-electron chi connectivity index (χ3n) is 2.63. The first-order valence-electron chi connectivity index (χ1n) is 4.94. The number of carbonyl (C=O) groups is 1. The Hall–Kier alpha value is -1.42. The summed E-state index contributed by atoms with van der Waals surface area (Å²) in [6, 6.07) is 4.07. The van der Waals surface area contributed by atoms with Crippen molar-refractivity contribution in [1.82, 2.24) is 5.32 Å². The van der Waals surface area contributed by atoms with Crippen LogP contribution in [0.15, 0.2) is 18.2 Å². The van der Waals surface area contributed by atoms with Gasteiger partial charge in [-0.15, -0.1) is 0 Å². The lowest BCUT2D eigenvalue weighted by Gasteiger charge is -2.11. The van der Waals surface area contributed by atoms with Crippen LogP contribution in [-0.2, 0) is 0 Å². The topological polar surface area (TPSA) is 49.3 Å². The van der Waals surface area contributed by atoms with E-state index in [0.717, 1.165) is 31.0 Å². The highest BCUT2D eigenvalue weighted by molar-refractivity contribution is 5.87. The van der Waals surface area contributed by atoms with E-state index in [9.17, 15) is 9.18 Å². The average molecular weight is 209 g/mol. The summed E-state index contributed by atoms with van der Waals surface area (Å²) in [4.78, 5) is 10.7. The number of hydrogen-bond acceptors (Lipinski definition) is 2. The zero-order chi connectivity index (χ0) is 10.8. The van der Waals surface area contributed by atoms with E-state index in [1.807, 2.05) is 0 Å². The predicted molar refractivity (Wildman–Crippen MR) is 53.3 cm³/mol. The summed E-state index contributed by atoms with van der Waals surface area (Å²) in [7, 11) is 0. The Balaban J connectivity index is 2.34. The molecule has 15 heavy (non-hydrogen) atoms. The van der Waals surface area contributed by atoms with Crippen molar-refractivity contribution in [2.75, 3.05) is 6.54 Å². The van der Waals surface area contributed by atoms with Crippen LogP contribution in [0.3, 0.4) is 0 Å². The first-order valence-corrected chi connectivity index (χ1v) is 4.94. The van der Waals surface area contributed by atoms with Crippen molar-refractivity contribution in [3.63, 3.8) is 0 Å². The van der Waals surface area contributed by atoms with Crippen LogP contribution in [0.1, 0.15) is 34.8 Å². The summed E-state index contributed by atoms with van der Waals surface area (Å²) >= 11 is 0. The van der Waals surface area contributed by atoms with Gasteiger partial charge in [-0.3, -0.25) is 0 Å². The molecule has 2 rings (SSSR count). The van der Waals surface area contributed by atoms with Crippen molar-refractivity contribution in [1.29, 1.82) is 0 Å². The third kappa shape index (κ3) is 2.15. The Morgan fingerprint density at radius 2 is 2.27 bits per heavy atom. The molecule has 0 bridgehead atoms. The fourth-order valence-electron chi connectivity index (χ4n) is 1.91. The first kappa shape index (κ1) is 10.1. The normalized spacial score (nSPS) is 20.5. The van der Waals surface area contributed by atoms with Gasteiger partial charge in [0.2, 0.25) is 0 Å². The van der Waals surface area contributed by atoms with Gasteiger partial charge < -0.3 is 10.4 Å². The Labute approximate surface area is 86.9 Å². The number of carboxylic acid groups (broad SMARTS) is 1. The van der Waals surface area contributed by atoms with E-state index >= 15 is 0 Å². The van der Waals surface area contributed by atoms with E-state index in [0.29, 0.717) is 0 Å². The summed E-state index contributed by atoms with van der Waals surface area (Å²) in [5.74, 6) is -1.58. The highest BCUT2D eigenvalue weighted by Crippen LogP contribution is 2.24. The number of rotatable bonds is 2. The number of halogens is 1. The molecule has 1 aliphatic rings. The average Bonchev–Trinajstić information content (AvgIpc) is 2.69. The summed E-state index contributed by atoms with van der Waals surface area (Å²) in [6.45, 7) is 0.906. The van der Waals surface area contributed by atoms with E-state index in [1.54, 1.807) is 0 Å². The SMILES string of the molecule is O=C(O)c1cc(F)cc([C@H]2CCCN2)c1. The van der Waals surface area contributed by atoms with Gasteiger partial charge in [-0.25, -0.2) is 9.18 Å². The van der Waals surface area contributed by atoms with Gasteiger partial charge in [-0.05, 0) is 43.1 Å². The monoisotopic (exact) mass is 209 g/mol. The summed E-state index contributed by atoms with van der Waals surface area (Å²) in [6.07, 6.45) is 1.98. The number of benzene rings is 1. The molecule has 1 atom stereocenters. The molecule has 1 heterocycles. The molecule has 1 saturated heterocycles. The molecular formula is C11H12FNO2. The lowest BCUT2D eigenvalue weighted by Crippen LogP contribution is -2.13. The molecule has 0 aromatic heterocycles. The Kier molecular flexibility index (Phi) is 2.68. The molecule has 1 aromatic carbocycles. The van der Waals surface area contributed by atoms with Gasteiger partial charge in [0.25, 0.3) is 0 Å². The van der Waals surface area contributed by atoms with Crippen LogP contribution in [0.5, 0.6) is 0 Å². The van der Waals surface area contributed by atoms with E-state index in [-0.39, 0.29) is 11.6 Å². The zero-order valence-electron chi connectivity index (χ0n) is 8.16. The minimum Gasteiger partial charge on any atom is -0.478 e. The molecule has 1 aromatic rings. The molecule has 4 heteroatoms. The molecule has 0 radical (unpaired) electrons. The second-order valence-electron chi connectivity index (χ2n) is 3.73. The highest BCUT2D eigenvalue weighted by Gasteiger charge is 2.18. The maximum absolute atomic E-state index is 13.2. The minimum atomic E-state index is -1.09. The second kappa shape index (κ2) is 3.98. The maximum Gasteiger partial charge on any atom is 0.335 e. The fraction of sp³-hybridized carbons (Fsp3) is 0.364. The molecule has 0 unspecified atom stereocenters. The molecule has 80 valence electrons. The van der Waals surface area contributed by atoms with Crippen LogP contribution in [0.25, 0.3) is 0 Å². The molecule has 3 nitrogen and oxygen atoms in total. The quantitative estimate of drug-likeness (QED) is 0.782. The Bertz CT molecular complexity index is 386. The molecule has 1 aliphatic heterocycles. The maximum atomic E-state index is 13.2. The molecule has 0 amide bonds. The van der Waals surface area contributed by atoms with E-state index < -0.39 is 11.8 Å². The Morgan fingerprint density at radius 1 is 1.47 bits per heavy atom. The van der Waals surface area contributed by atoms with Gasteiger partial charge in [-0.2, -0.15) is 0 Å². The molecule has 0 saturated carbocycles. The van der Waals surface area contributed by atoms with Crippen LogP contribution >= 0.6 is 0 Å². The molecule has 1 fully saturated rings. The second-order valence-corrected chi connectivity index (χ2v) is 3.73. The van der Waals surface area contributed by atoms with Crippen molar-refractivity contribution < 1.29 is 14.3 Å². The molecule has 2 N–H and O–H groups in total. The predicted octanol–water partition coefficient (Wildman–Crippen LogP) is 1.95. The van der Waals surface area contributed by atoms with Crippen LogP contribution in [-0.4, -0.2) is 17.6 Å². The van der Waals surface area contributed by atoms with Crippen LogP contribution in [0.2, 0.25) is 0 Å². The lowest BCUT2D eigenvalue weighted by molar-refractivity contribution is 0.0696. The van der Waals surface area contributed by atoms with Crippen LogP contribution in [0.4, 0.5) is 4.39 Å². The summed E-state index contributed by atoms with van der Waals surface area (Å²) in [5, 5.41) is 12.0. The number of carboxylic acids is 1. The minimum absolute atomic E-state index is 0.0127. The fourth-order valence-corrected chi connectivity index (χ4v) is 1.91. The highest BCUT2D eigenvalue weighted by atomic mass is 19.1. The van der Waals surface area contributed by atoms with E-state index in [4.69, 9.17) is 5.11 Å². The largest absolute Gasteiger partial charge is 0.478 e. The van der Waals surface area contributed by atoms with Gasteiger partial charge in [0, 0.05) is 6.04 Å². The molecule has 0 aliphatic carbocycles. The van der Waals surface area contributed by atoms with Gasteiger partial charge in [0.15, 0.2) is 0 Å². The van der Waals surface area contributed by atoms with Crippen LogP contribution in [0, 0.1) is 5.82 Å². The third-order valence-corrected chi connectivity index (χ3v) is 2.63. The van der Waals surface area contributed by atoms with Gasteiger partial charge in [-0.1, -0.05) is 0 Å². The Morgan fingerprint density at radius 3 is 2.87 bits per heavy atom. The van der Waals surface area contributed by atoms with Crippen molar-refractivity contribution in [3.05, 3.63) is 35.1 Å². The van der Waals surface area contributed by atoms with Gasteiger partial charge in [0.05, 0.1) is 5.56 Å². The number of hydrogen-bond donors (Lipinski definition) is 2. The summed E-state index contributed by atoms with van der Waals surface area (Å²) in [5.41, 5.74) is 0.739. The zero-order valence-corrected chi connectivity index (χ0v) is 8.16. The molecule has 0 spiro atoms. The molecular weight excluding hydrogens is 197 g/mol. The standard InChI is InChI=1S/C11H12FNO2/c12-9-5-7(10-2-1-3-13-10)4-8(6-9)11(14)15/h4-6,10,13H,1-3H2,(H,14,15)/t10-/m1/s1. The summed E-state index contributed by atoms with van der Waals surface area (Å²) < 4.78 is 13.2. The van der Waals surface area contributed by atoms with Gasteiger partial charge >= 0.3 is 5.97 Å². The number of aromatic carboxylic acids is 1. The first-order chi connectivity index (χ1) is 7.16. The van der Waals surface area contributed by atoms with Crippen molar-refractivity contribution in [3.8, 4) is 0 Å². The van der Waals surface area contributed by atoms with Crippen molar-refractivity contribution >= 4 is 5.97 Å².